The van der Waals surface area contributed by atoms with Crippen molar-refractivity contribution in [3.05, 3.63) is 71.3 Å². The molecule has 2 N–H and O–H groups in total. The van der Waals surface area contributed by atoms with Crippen molar-refractivity contribution in [2.75, 3.05) is 13.2 Å². The van der Waals surface area contributed by atoms with Gasteiger partial charge < -0.3 is 15.2 Å². The van der Waals surface area contributed by atoms with Gasteiger partial charge in [0.1, 0.15) is 0 Å². The van der Waals surface area contributed by atoms with Crippen molar-refractivity contribution in [2.24, 2.45) is 5.92 Å². The van der Waals surface area contributed by atoms with E-state index in [1.54, 1.807) is 0 Å². The molecular formula is C44H69NO5. The molecule has 2 aromatic rings. The van der Waals surface area contributed by atoms with E-state index in [2.05, 4.69) is 12.2 Å². The number of hydrogen-bond acceptors (Lipinski definition) is 4. The number of carboxylic acid groups (broad SMARTS) is 1. The maximum Gasteiger partial charge on any atom is 0.304 e. The maximum absolute atomic E-state index is 12.7. The van der Waals surface area contributed by atoms with Crippen molar-refractivity contribution < 1.29 is 24.2 Å². The summed E-state index contributed by atoms with van der Waals surface area (Å²) in [4.78, 5) is 36.6. The molecule has 0 saturated heterocycles. The molecule has 2 rings (SSSR count). The van der Waals surface area contributed by atoms with Crippen LogP contribution in [0.25, 0.3) is 0 Å². The second kappa shape index (κ2) is 29.7. The van der Waals surface area contributed by atoms with Crippen LogP contribution in [0.4, 0.5) is 0 Å². The Kier molecular flexibility index (Phi) is 25.7. The van der Waals surface area contributed by atoms with Crippen LogP contribution in [0.3, 0.4) is 0 Å². The summed E-state index contributed by atoms with van der Waals surface area (Å²) in [7, 11) is 0. The van der Waals surface area contributed by atoms with Crippen molar-refractivity contribution in [3.63, 3.8) is 0 Å². The third-order valence-corrected chi connectivity index (χ3v) is 9.73. The van der Waals surface area contributed by atoms with Gasteiger partial charge in [0, 0.05) is 30.2 Å². The number of carbonyl (C=O) groups excluding carboxylic acids is 2. The third-order valence-electron chi connectivity index (χ3n) is 9.73. The Hall–Kier alpha value is -2.99. The lowest BCUT2D eigenvalue weighted by Gasteiger charge is -2.15. The first-order valence-electron chi connectivity index (χ1n) is 20.3. The van der Waals surface area contributed by atoms with Crippen molar-refractivity contribution in [1.29, 1.82) is 0 Å². The van der Waals surface area contributed by atoms with Gasteiger partial charge in [-0.15, -0.1) is 0 Å². The van der Waals surface area contributed by atoms with Crippen molar-refractivity contribution in [1.82, 2.24) is 5.32 Å². The van der Waals surface area contributed by atoms with Crippen LogP contribution in [0.5, 0.6) is 0 Å². The Morgan fingerprint density at radius 1 is 0.600 bits per heavy atom. The van der Waals surface area contributed by atoms with E-state index in [0.717, 1.165) is 44.3 Å². The van der Waals surface area contributed by atoms with Gasteiger partial charge in [0.15, 0.2) is 5.78 Å². The van der Waals surface area contributed by atoms with Gasteiger partial charge in [-0.25, -0.2) is 0 Å². The van der Waals surface area contributed by atoms with E-state index in [1.807, 2.05) is 54.6 Å². The fraction of sp³-hybridized carbons (Fsp3) is 0.659. The first kappa shape index (κ1) is 43.2. The molecule has 0 aliphatic heterocycles. The number of hydrogen-bond donors (Lipinski definition) is 2. The summed E-state index contributed by atoms with van der Waals surface area (Å²) in [6.45, 7) is 4.24. The Labute approximate surface area is 304 Å². The van der Waals surface area contributed by atoms with Crippen LogP contribution in [0.2, 0.25) is 0 Å². The van der Waals surface area contributed by atoms with Crippen LogP contribution >= 0.6 is 0 Å². The molecule has 6 nitrogen and oxygen atoms in total. The fourth-order valence-corrected chi connectivity index (χ4v) is 6.57. The third kappa shape index (κ3) is 22.0. The Balaban J connectivity index is 1.37. The van der Waals surface area contributed by atoms with E-state index in [0.29, 0.717) is 30.7 Å². The summed E-state index contributed by atoms with van der Waals surface area (Å²) >= 11 is 0. The number of ether oxygens (including phenoxy) is 1. The molecule has 0 aliphatic carbocycles. The molecule has 2 aromatic carbocycles. The number of carboxylic acids is 1. The normalized spacial score (nSPS) is 11.8. The van der Waals surface area contributed by atoms with Gasteiger partial charge in [0.2, 0.25) is 5.91 Å². The zero-order valence-corrected chi connectivity index (χ0v) is 31.4. The van der Waals surface area contributed by atoms with E-state index in [4.69, 9.17) is 4.74 Å². The number of carbonyl (C=O) groups is 3. The molecule has 1 amide bonds. The lowest BCUT2D eigenvalue weighted by molar-refractivity contribution is -0.141. The second-order valence-electron chi connectivity index (χ2n) is 14.2. The smallest absolute Gasteiger partial charge is 0.304 e. The molecule has 0 heterocycles. The molecule has 0 aromatic heterocycles. The van der Waals surface area contributed by atoms with Crippen molar-refractivity contribution >= 4 is 17.7 Å². The highest BCUT2D eigenvalue weighted by Gasteiger charge is 2.21. The van der Waals surface area contributed by atoms with Crippen LogP contribution in [-0.4, -0.2) is 35.9 Å². The van der Waals surface area contributed by atoms with Gasteiger partial charge in [-0.3, -0.25) is 14.4 Å². The molecule has 0 saturated carbocycles. The zero-order valence-electron chi connectivity index (χ0n) is 31.4. The summed E-state index contributed by atoms with van der Waals surface area (Å²) in [5.74, 6) is -1.32. The van der Waals surface area contributed by atoms with Crippen LogP contribution < -0.4 is 5.32 Å². The average Bonchev–Trinajstić information content (AvgIpc) is 3.13. The summed E-state index contributed by atoms with van der Waals surface area (Å²) < 4.78 is 5.85. The largest absolute Gasteiger partial charge is 0.481 e. The molecule has 0 fully saturated rings. The van der Waals surface area contributed by atoms with Gasteiger partial charge in [-0.05, 0) is 24.8 Å². The first-order chi connectivity index (χ1) is 24.5. The molecular weight excluding hydrogens is 622 g/mol. The number of nitrogens with one attached hydrogen (secondary N) is 1. The molecule has 1 unspecified atom stereocenters. The predicted octanol–water partition coefficient (Wildman–Crippen LogP) is 11.6. The molecule has 0 radical (unpaired) electrons. The molecule has 0 spiro atoms. The lowest BCUT2D eigenvalue weighted by atomic mass is 9.96. The molecule has 1 atom stereocenters. The average molecular weight is 692 g/mol. The van der Waals surface area contributed by atoms with Crippen LogP contribution in [0.1, 0.15) is 183 Å². The minimum Gasteiger partial charge on any atom is -0.481 e. The molecule has 0 bridgehead atoms. The van der Waals surface area contributed by atoms with E-state index >= 15 is 0 Å². The number of amides is 1. The minimum atomic E-state index is -0.880. The van der Waals surface area contributed by atoms with Crippen molar-refractivity contribution in [3.8, 4) is 0 Å². The molecule has 280 valence electrons. The number of ketones is 1. The van der Waals surface area contributed by atoms with Crippen LogP contribution in [0.15, 0.2) is 54.6 Å². The Morgan fingerprint density at radius 2 is 1.08 bits per heavy atom. The Bertz CT molecular complexity index is 1130. The molecule has 0 aliphatic rings. The Morgan fingerprint density at radius 3 is 1.62 bits per heavy atom. The number of aliphatic carboxylic acids is 1. The lowest BCUT2D eigenvalue weighted by Crippen LogP contribution is -2.32. The zero-order chi connectivity index (χ0) is 35.9. The topological polar surface area (TPSA) is 92.7 Å². The maximum atomic E-state index is 12.7. The fourth-order valence-electron chi connectivity index (χ4n) is 6.57. The first-order valence-corrected chi connectivity index (χ1v) is 20.3. The summed E-state index contributed by atoms with van der Waals surface area (Å²) in [6, 6.07) is 17.1. The van der Waals surface area contributed by atoms with Gasteiger partial charge in [-0.2, -0.15) is 0 Å². The predicted molar refractivity (Wildman–Crippen MR) is 207 cm³/mol. The van der Waals surface area contributed by atoms with E-state index in [1.165, 1.54) is 109 Å². The quantitative estimate of drug-likeness (QED) is 0.0574. The summed E-state index contributed by atoms with van der Waals surface area (Å²) in [6.07, 6.45) is 27.6. The highest BCUT2D eigenvalue weighted by Crippen LogP contribution is 2.18. The highest BCUT2D eigenvalue weighted by molar-refractivity contribution is 6.08. The van der Waals surface area contributed by atoms with E-state index in [9.17, 15) is 19.5 Å². The standard InChI is InChI=1S/C44H69NO5/c1-2-3-4-5-6-7-8-9-12-15-18-22-29-41(36-42(46)47)44(49)45-34-25-19-16-13-10-11-14-17-20-26-35-50-37-38-30-32-40(33-31-38)43(48)39-27-23-21-24-28-39/h21,23-24,27-28,30-33,41H,2-20,22,25-26,29,34-37H2,1H3,(H,45,49)(H,46,47). The number of benzene rings is 2. The minimum absolute atomic E-state index is 0.0443. The monoisotopic (exact) mass is 692 g/mol. The molecule has 6 heteroatoms. The van der Waals surface area contributed by atoms with Crippen molar-refractivity contribution in [2.45, 2.75) is 168 Å². The van der Waals surface area contributed by atoms with E-state index < -0.39 is 11.9 Å². The van der Waals surface area contributed by atoms with Crippen LogP contribution in [-0.2, 0) is 20.9 Å². The van der Waals surface area contributed by atoms with Gasteiger partial charge >= 0.3 is 5.97 Å². The van der Waals surface area contributed by atoms with Gasteiger partial charge in [0.05, 0.1) is 13.0 Å². The van der Waals surface area contributed by atoms with Gasteiger partial charge in [-0.1, -0.05) is 190 Å². The SMILES string of the molecule is CCCCCCCCCCCCCCC(CC(=O)O)C(=O)NCCCCCCCCCCCCOCc1ccc(C(=O)c2ccccc2)cc1. The second-order valence-corrected chi connectivity index (χ2v) is 14.2. The number of unbranched alkanes of at least 4 members (excludes halogenated alkanes) is 20. The van der Waals surface area contributed by atoms with E-state index in [-0.39, 0.29) is 18.1 Å². The highest BCUT2D eigenvalue weighted by atomic mass is 16.5. The summed E-state index contributed by atoms with van der Waals surface area (Å²) in [5, 5.41) is 12.3. The number of rotatable bonds is 33. The molecule has 50 heavy (non-hydrogen) atoms. The summed E-state index contributed by atoms with van der Waals surface area (Å²) in [5.41, 5.74) is 2.50. The van der Waals surface area contributed by atoms with Crippen LogP contribution in [0, 0.1) is 5.92 Å². The van der Waals surface area contributed by atoms with Gasteiger partial charge in [0.25, 0.3) is 0 Å².